The SMILES string of the molecule is Cc1nn(-c2ncnc(NN)c2[N+](=O)[O-])c(C)c1Br. The first-order valence-corrected chi connectivity index (χ1v) is 5.94. The topological polar surface area (TPSA) is 125 Å². The van der Waals surface area contributed by atoms with Gasteiger partial charge in [0.05, 0.1) is 20.8 Å². The van der Waals surface area contributed by atoms with E-state index in [0.29, 0.717) is 11.4 Å². The molecule has 0 saturated carbocycles. The van der Waals surface area contributed by atoms with E-state index in [2.05, 4.69) is 36.4 Å². The second-order valence-electron chi connectivity index (χ2n) is 3.69. The van der Waals surface area contributed by atoms with E-state index in [1.165, 1.54) is 11.0 Å². The number of nitro groups is 1. The predicted octanol–water partition coefficient (Wildman–Crippen LogP) is 1.24. The maximum absolute atomic E-state index is 11.2. The Hall–Kier alpha value is -2.07. The van der Waals surface area contributed by atoms with Gasteiger partial charge in [0.15, 0.2) is 0 Å². The first-order valence-electron chi connectivity index (χ1n) is 5.15. The number of aryl methyl sites for hydroxylation is 1. The van der Waals surface area contributed by atoms with Crippen LogP contribution in [0.25, 0.3) is 5.82 Å². The van der Waals surface area contributed by atoms with Crippen LogP contribution in [0.2, 0.25) is 0 Å². The van der Waals surface area contributed by atoms with Crippen molar-refractivity contribution >= 4 is 27.4 Å². The molecule has 0 bridgehead atoms. The third kappa shape index (κ3) is 2.15. The van der Waals surface area contributed by atoms with Crippen molar-refractivity contribution in [1.29, 1.82) is 0 Å². The van der Waals surface area contributed by atoms with Crippen LogP contribution in [0.4, 0.5) is 11.5 Å². The zero-order valence-electron chi connectivity index (χ0n) is 10.1. The van der Waals surface area contributed by atoms with Crippen LogP contribution in [-0.4, -0.2) is 24.7 Å². The van der Waals surface area contributed by atoms with Gasteiger partial charge in [-0.1, -0.05) is 0 Å². The van der Waals surface area contributed by atoms with Gasteiger partial charge in [0, 0.05) is 0 Å². The number of halogens is 1. The number of nitrogens with two attached hydrogens (primary N) is 1. The summed E-state index contributed by atoms with van der Waals surface area (Å²) in [5, 5.41) is 15.4. The van der Waals surface area contributed by atoms with Crippen LogP contribution in [0.1, 0.15) is 11.4 Å². The van der Waals surface area contributed by atoms with Crippen molar-refractivity contribution in [3.05, 3.63) is 32.3 Å². The minimum atomic E-state index is -0.602. The monoisotopic (exact) mass is 327 g/mol. The zero-order valence-corrected chi connectivity index (χ0v) is 11.7. The summed E-state index contributed by atoms with van der Waals surface area (Å²) in [6.45, 7) is 3.55. The molecule has 0 unspecified atom stereocenters. The molecule has 0 aromatic carbocycles. The maximum Gasteiger partial charge on any atom is 0.356 e. The van der Waals surface area contributed by atoms with Crippen LogP contribution >= 0.6 is 15.9 Å². The largest absolute Gasteiger partial charge is 0.356 e. The lowest BCUT2D eigenvalue weighted by Gasteiger charge is -2.06. The fourth-order valence-corrected chi connectivity index (χ4v) is 1.88. The number of aromatic nitrogens is 4. The number of rotatable bonds is 3. The summed E-state index contributed by atoms with van der Waals surface area (Å²) in [4.78, 5) is 18.2. The van der Waals surface area contributed by atoms with E-state index < -0.39 is 4.92 Å². The summed E-state index contributed by atoms with van der Waals surface area (Å²) >= 11 is 3.36. The summed E-state index contributed by atoms with van der Waals surface area (Å²) in [6.07, 6.45) is 1.18. The van der Waals surface area contributed by atoms with Gasteiger partial charge >= 0.3 is 5.69 Å². The fraction of sp³-hybridized carbons (Fsp3) is 0.222. The predicted molar refractivity (Wildman–Crippen MR) is 70.8 cm³/mol. The molecule has 0 aliphatic heterocycles. The Labute approximate surface area is 116 Å². The van der Waals surface area contributed by atoms with Crippen molar-refractivity contribution in [2.75, 3.05) is 5.43 Å². The van der Waals surface area contributed by atoms with E-state index in [0.717, 1.165) is 4.47 Å². The molecule has 0 atom stereocenters. The maximum atomic E-state index is 11.2. The van der Waals surface area contributed by atoms with Crippen molar-refractivity contribution in [2.24, 2.45) is 5.84 Å². The Morgan fingerprint density at radius 2 is 2.16 bits per heavy atom. The van der Waals surface area contributed by atoms with Gasteiger partial charge in [0.2, 0.25) is 11.6 Å². The van der Waals surface area contributed by atoms with Crippen molar-refractivity contribution in [2.45, 2.75) is 13.8 Å². The van der Waals surface area contributed by atoms with Gasteiger partial charge in [0.25, 0.3) is 0 Å². The minimum absolute atomic E-state index is 0.0549. The highest BCUT2D eigenvalue weighted by atomic mass is 79.9. The molecule has 0 fully saturated rings. The highest BCUT2D eigenvalue weighted by Gasteiger charge is 2.26. The summed E-state index contributed by atoms with van der Waals surface area (Å²) < 4.78 is 2.14. The molecule has 2 heterocycles. The normalized spacial score (nSPS) is 10.5. The standard InChI is InChI=1S/C9H10BrN7O2/c1-4-6(10)5(2)16(15-4)9-7(17(18)19)8(14-11)12-3-13-9/h3H,11H2,1-2H3,(H,12,13,14). The number of hydrogen-bond donors (Lipinski definition) is 2. The van der Waals surface area contributed by atoms with Gasteiger partial charge in [-0.25, -0.2) is 20.5 Å². The molecule has 2 rings (SSSR count). The zero-order chi connectivity index (χ0) is 14.2. The Morgan fingerprint density at radius 3 is 2.63 bits per heavy atom. The molecule has 9 nitrogen and oxygen atoms in total. The molecular formula is C9H10BrN7O2. The van der Waals surface area contributed by atoms with E-state index in [1.54, 1.807) is 13.8 Å². The van der Waals surface area contributed by atoms with Crippen molar-refractivity contribution in [3.8, 4) is 5.82 Å². The molecule has 0 radical (unpaired) electrons. The molecule has 0 aliphatic carbocycles. The summed E-state index contributed by atoms with van der Waals surface area (Å²) in [5.74, 6) is 5.21. The molecular weight excluding hydrogens is 318 g/mol. The van der Waals surface area contributed by atoms with Crippen LogP contribution in [-0.2, 0) is 0 Å². The summed E-state index contributed by atoms with van der Waals surface area (Å²) in [6, 6.07) is 0. The van der Waals surface area contributed by atoms with Crippen LogP contribution < -0.4 is 11.3 Å². The van der Waals surface area contributed by atoms with E-state index in [9.17, 15) is 10.1 Å². The third-order valence-corrected chi connectivity index (χ3v) is 3.67. The quantitative estimate of drug-likeness (QED) is 0.493. The van der Waals surface area contributed by atoms with Gasteiger partial charge < -0.3 is 5.43 Å². The Bertz CT molecular complexity index is 654. The molecule has 100 valence electrons. The summed E-state index contributed by atoms with van der Waals surface area (Å²) in [7, 11) is 0. The molecule has 0 saturated heterocycles. The van der Waals surface area contributed by atoms with Crippen molar-refractivity contribution in [3.63, 3.8) is 0 Å². The van der Waals surface area contributed by atoms with E-state index in [1.807, 2.05) is 0 Å². The van der Waals surface area contributed by atoms with Crippen LogP contribution in [0.5, 0.6) is 0 Å². The highest BCUT2D eigenvalue weighted by molar-refractivity contribution is 9.10. The average Bonchev–Trinajstić information content (AvgIpc) is 2.65. The highest BCUT2D eigenvalue weighted by Crippen LogP contribution is 2.30. The Kier molecular flexibility index (Phi) is 3.44. The van der Waals surface area contributed by atoms with Crippen molar-refractivity contribution in [1.82, 2.24) is 19.7 Å². The number of nitrogens with one attached hydrogen (secondary N) is 1. The third-order valence-electron chi connectivity index (χ3n) is 2.53. The number of anilines is 1. The first kappa shape index (κ1) is 13.4. The Balaban J connectivity index is 2.75. The van der Waals surface area contributed by atoms with Gasteiger partial charge in [-0.3, -0.25) is 10.1 Å². The lowest BCUT2D eigenvalue weighted by atomic mass is 10.4. The van der Waals surface area contributed by atoms with E-state index in [-0.39, 0.29) is 17.3 Å². The lowest BCUT2D eigenvalue weighted by molar-refractivity contribution is -0.384. The minimum Gasteiger partial charge on any atom is -0.303 e. The van der Waals surface area contributed by atoms with E-state index in [4.69, 9.17) is 5.84 Å². The van der Waals surface area contributed by atoms with E-state index >= 15 is 0 Å². The number of nitrogens with zero attached hydrogens (tertiary/aromatic N) is 5. The second kappa shape index (κ2) is 4.90. The van der Waals surface area contributed by atoms with Gasteiger partial charge in [-0.05, 0) is 29.8 Å². The lowest BCUT2D eigenvalue weighted by Crippen LogP contribution is -2.14. The van der Waals surface area contributed by atoms with Crippen molar-refractivity contribution < 1.29 is 4.92 Å². The number of hydrazine groups is 1. The fourth-order valence-electron chi connectivity index (χ4n) is 1.63. The smallest absolute Gasteiger partial charge is 0.303 e. The second-order valence-corrected chi connectivity index (χ2v) is 4.49. The number of nitrogen functional groups attached to an aromatic ring is 1. The average molecular weight is 328 g/mol. The molecule has 0 amide bonds. The van der Waals surface area contributed by atoms with Gasteiger partial charge in [-0.15, -0.1) is 0 Å². The Morgan fingerprint density at radius 1 is 1.47 bits per heavy atom. The molecule has 2 aromatic rings. The van der Waals surface area contributed by atoms with Crippen LogP contribution in [0, 0.1) is 24.0 Å². The van der Waals surface area contributed by atoms with Crippen LogP contribution in [0.15, 0.2) is 10.8 Å². The van der Waals surface area contributed by atoms with Gasteiger partial charge in [-0.2, -0.15) is 5.10 Å². The van der Waals surface area contributed by atoms with Crippen LogP contribution in [0.3, 0.4) is 0 Å². The number of hydrogen-bond acceptors (Lipinski definition) is 7. The molecule has 0 aliphatic rings. The molecule has 0 spiro atoms. The molecule has 19 heavy (non-hydrogen) atoms. The molecule has 10 heteroatoms. The molecule has 3 N–H and O–H groups in total. The first-order chi connectivity index (χ1) is 8.97. The van der Waals surface area contributed by atoms with Gasteiger partial charge in [0.1, 0.15) is 6.33 Å². The summed E-state index contributed by atoms with van der Waals surface area (Å²) in [5.41, 5.74) is 3.25. The molecule has 2 aromatic heterocycles.